The van der Waals surface area contributed by atoms with Crippen LogP contribution in [0.4, 0.5) is 5.69 Å². The number of nitrogens with zero attached hydrogens (tertiary/aromatic N) is 1. The summed E-state index contributed by atoms with van der Waals surface area (Å²) in [4.78, 5) is 4.34. The van der Waals surface area contributed by atoms with Crippen LogP contribution in [0.3, 0.4) is 0 Å². The quantitative estimate of drug-likeness (QED) is 0.833. The maximum atomic E-state index is 5.96. The van der Waals surface area contributed by atoms with Crippen molar-refractivity contribution in [2.75, 3.05) is 5.73 Å². The van der Waals surface area contributed by atoms with E-state index in [0.29, 0.717) is 5.69 Å². The lowest BCUT2D eigenvalue weighted by Gasteiger charge is -2.16. The standard InChI is InChI=1S/C15H16N2O/c1-15(2)9-11-8-10(5-6-13(11)18-15)14-12(16)4-3-7-17-14/h3-8H,9,16H2,1-2H3. The van der Waals surface area contributed by atoms with E-state index in [1.165, 1.54) is 5.56 Å². The maximum absolute atomic E-state index is 5.96. The van der Waals surface area contributed by atoms with Gasteiger partial charge in [0.05, 0.1) is 11.4 Å². The molecule has 0 aliphatic carbocycles. The first-order chi connectivity index (χ1) is 8.55. The molecule has 0 amide bonds. The number of fused-ring (bicyclic) bond motifs is 1. The fraction of sp³-hybridized carbons (Fsp3) is 0.267. The van der Waals surface area contributed by atoms with Crippen molar-refractivity contribution in [1.29, 1.82) is 0 Å². The zero-order valence-electron chi connectivity index (χ0n) is 10.6. The minimum absolute atomic E-state index is 0.114. The van der Waals surface area contributed by atoms with Gasteiger partial charge in [-0.25, -0.2) is 0 Å². The molecule has 0 unspecified atom stereocenters. The van der Waals surface area contributed by atoms with Crippen molar-refractivity contribution in [1.82, 2.24) is 4.98 Å². The molecule has 3 heteroatoms. The maximum Gasteiger partial charge on any atom is 0.123 e. The Kier molecular flexibility index (Phi) is 2.30. The molecule has 1 aromatic heterocycles. The monoisotopic (exact) mass is 240 g/mol. The minimum Gasteiger partial charge on any atom is -0.487 e. The van der Waals surface area contributed by atoms with Crippen LogP contribution in [0.25, 0.3) is 11.3 Å². The number of aromatic nitrogens is 1. The summed E-state index contributed by atoms with van der Waals surface area (Å²) in [5.74, 6) is 0.971. The Hall–Kier alpha value is -2.03. The van der Waals surface area contributed by atoms with E-state index in [1.807, 2.05) is 24.3 Å². The molecule has 2 aromatic rings. The molecule has 3 rings (SSSR count). The Morgan fingerprint density at radius 3 is 2.89 bits per heavy atom. The smallest absolute Gasteiger partial charge is 0.123 e. The zero-order valence-corrected chi connectivity index (χ0v) is 10.6. The number of hydrogen-bond acceptors (Lipinski definition) is 3. The molecule has 0 atom stereocenters. The average molecular weight is 240 g/mol. The van der Waals surface area contributed by atoms with Crippen molar-refractivity contribution in [3.63, 3.8) is 0 Å². The van der Waals surface area contributed by atoms with E-state index in [0.717, 1.165) is 23.4 Å². The molecule has 92 valence electrons. The van der Waals surface area contributed by atoms with Crippen molar-refractivity contribution >= 4 is 5.69 Å². The average Bonchev–Trinajstić information content (AvgIpc) is 2.62. The zero-order chi connectivity index (χ0) is 12.8. The van der Waals surface area contributed by atoms with Gasteiger partial charge in [-0.2, -0.15) is 0 Å². The van der Waals surface area contributed by atoms with Crippen molar-refractivity contribution in [3.8, 4) is 17.0 Å². The molecule has 1 aromatic carbocycles. The highest BCUT2D eigenvalue weighted by Gasteiger charge is 2.30. The number of hydrogen-bond donors (Lipinski definition) is 1. The minimum atomic E-state index is -0.114. The third-order valence-corrected chi connectivity index (χ3v) is 3.18. The number of anilines is 1. The van der Waals surface area contributed by atoms with Crippen molar-refractivity contribution in [2.45, 2.75) is 25.9 Å². The van der Waals surface area contributed by atoms with E-state index in [1.54, 1.807) is 6.20 Å². The molecule has 0 saturated carbocycles. The molecule has 18 heavy (non-hydrogen) atoms. The van der Waals surface area contributed by atoms with Crippen molar-refractivity contribution in [3.05, 3.63) is 42.1 Å². The van der Waals surface area contributed by atoms with Crippen LogP contribution >= 0.6 is 0 Å². The topological polar surface area (TPSA) is 48.1 Å². The Labute approximate surface area is 107 Å². The molecule has 0 fully saturated rings. The number of pyridine rings is 1. The van der Waals surface area contributed by atoms with Gasteiger partial charge < -0.3 is 10.5 Å². The molecule has 0 bridgehead atoms. The molecule has 1 aliphatic rings. The fourth-order valence-electron chi connectivity index (χ4n) is 2.42. The van der Waals surface area contributed by atoms with Crippen LogP contribution in [-0.4, -0.2) is 10.6 Å². The summed E-state index contributed by atoms with van der Waals surface area (Å²) in [7, 11) is 0. The lowest BCUT2D eigenvalue weighted by molar-refractivity contribution is 0.138. The summed E-state index contributed by atoms with van der Waals surface area (Å²) in [5.41, 5.74) is 9.66. The molecule has 0 radical (unpaired) electrons. The Morgan fingerprint density at radius 1 is 1.28 bits per heavy atom. The van der Waals surface area contributed by atoms with Crippen LogP contribution in [0.15, 0.2) is 36.5 Å². The number of rotatable bonds is 1. The lowest BCUT2D eigenvalue weighted by atomic mass is 9.99. The van der Waals surface area contributed by atoms with Gasteiger partial charge in [-0.3, -0.25) is 4.98 Å². The first-order valence-electron chi connectivity index (χ1n) is 6.08. The van der Waals surface area contributed by atoms with Gasteiger partial charge in [-0.1, -0.05) is 0 Å². The highest BCUT2D eigenvalue weighted by atomic mass is 16.5. The third kappa shape index (κ3) is 1.82. The van der Waals surface area contributed by atoms with Gasteiger partial charge in [0.2, 0.25) is 0 Å². The van der Waals surface area contributed by atoms with Crippen LogP contribution in [0, 0.1) is 0 Å². The summed E-state index contributed by atoms with van der Waals surface area (Å²) in [6.07, 6.45) is 2.68. The van der Waals surface area contributed by atoms with Gasteiger partial charge in [-0.05, 0) is 49.7 Å². The Balaban J connectivity index is 2.05. The lowest BCUT2D eigenvalue weighted by Crippen LogP contribution is -2.24. The van der Waals surface area contributed by atoms with Crippen LogP contribution in [0.2, 0.25) is 0 Å². The normalized spacial score (nSPS) is 16.1. The first-order valence-corrected chi connectivity index (χ1v) is 6.08. The second kappa shape index (κ2) is 3.73. The molecular weight excluding hydrogens is 224 g/mol. The number of nitrogens with two attached hydrogens (primary N) is 1. The van der Waals surface area contributed by atoms with Gasteiger partial charge in [0.1, 0.15) is 11.4 Å². The number of benzene rings is 1. The van der Waals surface area contributed by atoms with E-state index in [-0.39, 0.29) is 5.60 Å². The molecule has 2 heterocycles. The van der Waals surface area contributed by atoms with Gasteiger partial charge in [0, 0.05) is 18.2 Å². The summed E-state index contributed by atoms with van der Waals surface area (Å²) >= 11 is 0. The van der Waals surface area contributed by atoms with Gasteiger partial charge in [-0.15, -0.1) is 0 Å². The first kappa shape index (κ1) is 11.1. The second-order valence-corrected chi connectivity index (χ2v) is 5.30. The van der Waals surface area contributed by atoms with E-state index in [2.05, 4.69) is 24.9 Å². The van der Waals surface area contributed by atoms with Gasteiger partial charge in [0.25, 0.3) is 0 Å². The third-order valence-electron chi connectivity index (χ3n) is 3.18. The second-order valence-electron chi connectivity index (χ2n) is 5.30. The summed E-state index contributed by atoms with van der Waals surface area (Å²) < 4.78 is 5.86. The van der Waals surface area contributed by atoms with E-state index in [4.69, 9.17) is 10.5 Å². The molecule has 0 spiro atoms. The molecule has 1 aliphatic heterocycles. The molecule has 3 nitrogen and oxygen atoms in total. The highest BCUT2D eigenvalue weighted by Crippen LogP contribution is 2.37. The van der Waals surface area contributed by atoms with Crippen LogP contribution in [0.1, 0.15) is 19.4 Å². The Bertz CT molecular complexity index is 605. The van der Waals surface area contributed by atoms with Crippen molar-refractivity contribution in [2.24, 2.45) is 0 Å². The van der Waals surface area contributed by atoms with Gasteiger partial charge >= 0.3 is 0 Å². The van der Waals surface area contributed by atoms with E-state index >= 15 is 0 Å². The molecule has 2 N–H and O–H groups in total. The van der Waals surface area contributed by atoms with Crippen molar-refractivity contribution < 1.29 is 4.74 Å². The Morgan fingerprint density at radius 2 is 2.11 bits per heavy atom. The van der Waals surface area contributed by atoms with Crippen LogP contribution < -0.4 is 10.5 Å². The molecular formula is C15H16N2O. The summed E-state index contributed by atoms with van der Waals surface area (Å²) in [6.45, 7) is 4.20. The fourth-order valence-corrected chi connectivity index (χ4v) is 2.42. The summed E-state index contributed by atoms with van der Waals surface area (Å²) in [5, 5.41) is 0. The predicted molar refractivity (Wildman–Crippen MR) is 72.5 cm³/mol. The SMILES string of the molecule is CC1(C)Cc2cc(-c3ncccc3N)ccc2O1. The van der Waals surface area contributed by atoms with E-state index in [9.17, 15) is 0 Å². The molecule has 0 saturated heterocycles. The largest absolute Gasteiger partial charge is 0.487 e. The van der Waals surface area contributed by atoms with Crippen LogP contribution in [0.5, 0.6) is 5.75 Å². The van der Waals surface area contributed by atoms with Crippen LogP contribution in [-0.2, 0) is 6.42 Å². The predicted octanol–water partition coefficient (Wildman–Crippen LogP) is 3.04. The van der Waals surface area contributed by atoms with Gasteiger partial charge in [0.15, 0.2) is 0 Å². The van der Waals surface area contributed by atoms with E-state index < -0.39 is 0 Å². The number of ether oxygens (including phenoxy) is 1. The number of nitrogen functional groups attached to an aromatic ring is 1. The highest BCUT2D eigenvalue weighted by molar-refractivity contribution is 5.73. The summed E-state index contributed by atoms with van der Waals surface area (Å²) in [6, 6.07) is 9.86.